The van der Waals surface area contributed by atoms with Gasteiger partial charge in [-0.15, -0.1) is 0 Å². The second-order valence-corrected chi connectivity index (χ2v) is 12.5. The molecule has 47 heavy (non-hydrogen) atoms. The summed E-state index contributed by atoms with van der Waals surface area (Å²) in [4.78, 5) is 2.55. The van der Waals surface area contributed by atoms with E-state index in [-0.39, 0.29) is 6.04 Å². The minimum Gasteiger partial charge on any atom is -0.334 e. The number of hydrogen-bond acceptors (Lipinski definition) is 1. The molecule has 0 aliphatic heterocycles. The Balaban J connectivity index is 1.17. The third kappa shape index (κ3) is 4.80. The fourth-order valence-corrected chi connectivity index (χ4v) is 7.50. The highest BCUT2D eigenvalue weighted by Crippen LogP contribution is 2.42. The lowest BCUT2D eigenvalue weighted by Gasteiger charge is -2.34. The summed E-state index contributed by atoms with van der Waals surface area (Å²) in [5.74, 6) is 0. The zero-order valence-electron chi connectivity index (χ0n) is 26.1. The topological polar surface area (TPSA) is 3.24 Å². The molecule has 0 bridgehead atoms. The van der Waals surface area contributed by atoms with Gasteiger partial charge in [-0.05, 0) is 84.6 Å². The summed E-state index contributed by atoms with van der Waals surface area (Å²) in [5.41, 5.74) is 7.48. The van der Waals surface area contributed by atoms with E-state index < -0.39 is 0 Å². The van der Waals surface area contributed by atoms with Crippen LogP contribution >= 0.6 is 0 Å². The van der Waals surface area contributed by atoms with E-state index in [1.165, 1.54) is 76.7 Å². The predicted molar refractivity (Wildman–Crippen MR) is 202 cm³/mol. The number of anilines is 2. The van der Waals surface area contributed by atoms with Crippen LogP contribution in [0, 0.1) is 0 Å². The SMILES string of the molecule is C1=CC(N(c2ccc(-c3cccc4ccccc34)cc2)c2cc3ccccc3c3ccccc23)CC=C1c1cccc2ccccc12. The number of fused-ring (bicyclic) bond motifs is 5. The maximum absolute atomic E-state index is 2.55. The Hall–Kier alpha value is -5.92. The van der Waals surface area contributed by atoms with Gasteiger partial charge in [0, 0.05) is 11.1 Å². The summed E-state index contributed by atoms with van der Waals surface area (Å²) < 4.78 is 0. The molecule has 0 radical (unpaired) electrons. The molecule has 0 N–H and O–H groups in total. The van der Waals surface area contributed by atoms with E-state index in [1.54, 1.807) is 0 Å². The molecule has 1 aliphatic carbocycles. The van der Waals surface area contributed by atoms with E-state index >= 15 is 0 Å². The van der Waals surface area contributed by atoms with Crippen molar-refractivity contribution in [2.45, 2.75) is 12.5 Å². The van der Waals surface area contributed by atoms with E-state index in [0.717, 1.165) is 6.42 Å². The molecule has 1 aliphatic rings. The molecule has 1 unspecified atom stereocenters. The number of benzene rings is 8. The molecule has 0 spiro atoms. The largest absolute Gasteiger partial charge is 0.334 e. The molecule has 0 saturated heterocycles. The zero-order valence-corrected chi connectivity index (χ0v) is 26.1. The summed E-state index contributed by atoms with van der Waals surface area (Å²) in [6.45, 7) is 0. The van der Waals surface area contributed by atoms with Crippen LogP contribution < -0.4 is 4.90 Å². The highest BCUT2D eigenvalue weighted by atomic mass is 15.2. The van der Waals surface area contributed by atoms with Crippen molar-refractivity contribution < 1.29 is 0 Å². The van der Waals surface area contributed by atoms with Crippen molar-refractivity contribution in [2.75, 3.05) is 4.90 Å². The van der Waals surface area contributed by atoms with Gasteiger partial charge in [0.25, 0.3) is 0 Å². The van der Waals surface area contributed by atoms with Gasteiger partial charge >= 0.3 is 0 Å². The summed E-state index contributed by atoms with van der Waals surface area (Å²) in [6, 6.07) is 59.9. The Morgan fingerprint density at radius 1 is 0.447 bits per heavy atom. The monoisotopic (exact) mass is 599 g/mol. The average molecular weight is 600 g/mol. The fraction of sp³-hybridized carbons (Fsp3) is 0.0435. The van der Waals surface area contributed by atoms with Crippen LogP contribution in [0.2, 0.25) is 0 Å². The van der Waals surface area contributed by atoms with Crippen LogP contribution in [0.1, 0.15) is 12.0 Å². The molecular formula is C46H33N. The predicted octanol–water partition coefficient (Wildman–Crippen LogP) is 12.5. The van der Waals surface area contributed by atoms with Gasteiger partial charge in [-0.2, -0.15) is 0 Å². The third-order valence-electron chi connectivity index (χ3n) is 9.76. The Bertz CT molecular complexity index is 2490. The van der Waals surface area contributed by atoms with Gasteiger partial charge in [0.15, 0.2) is 0 Å². The van der Waals surface area contributed by atoms with Crippen LogP contribution in [0.15, 0.2) is 182 Å². The second kappa shape index (κ2) is 11.5. The Morgan fingerprint density at radius 3 is 1.68 bits per heavy atom. The number of rotatable bonds is 5. The van der Waals surface area contributed by atoms with E-state index in [9.17, 15) is 0 Å². The van der Waals surface area contributed by atoms with Crippen molar-refractivity contribution in [3.05, 3.63) is 188 Å². The highest BCUT2D eigenvalue weighted by molar-refractivity contribution is 6.14. The molecule has 222 valence electrons. The maximum Gasteiger partial charge on any atom is 0.0560 e. The Morgan fingerprint density at radius 2 is 1.00 bits per heavy atom. The third-order valence-corrected chi connectivity index (χ3v) is 9.76. The molecule has 0 amide bonds. The standard InChI is InChI=1S/C46H33N/c1-4-16-39-32(11-1)14-9-21-41(39)34-23-27-37(28-24-34)47(46-31-36-13-3-6-18-43(36)44-19-7-8-20-45(44)46)38-29-25-35(26-30-38)42-22-10-15-33-12-2-5-17-40(33)42/h1-29,31,38H,30H2. The summed E-state index contributed by atoms with van der Waals surface area (Å²) >= 11 is 0. The minimum atomic E-state index is 0.154. The summed E-state index contributed by atoms with van der Waals surface area (Å²) in [6.07, 6.45) is 8.06. The molecule has 1 nitrogen and oxygen atoms in total. The molecular weight excluding hydrogens is 567 g/mol. The van der Waals surface area contributed by atoms with Crippen molar-refractivity contribution in [1.82, 2.24) is 0 Å². The number of nitrogens with zero attached hydrogens (tertiary/aromatic N) is 1. The van der Waals surface area contributed by atoms with Crippen LogP contribution in [0.25, 0.3) is 59.8 Å². The molecule has 8 aromatic carbocycles. The number of allylic oxidation sites excluding steroid dienone is 2. The first-order valence-corrected chi connectivity index (χ1v) is 16.5. The molecule has 1 heteroatoms. The van der Waals surface area contributed by atoms with Crippen molar-refractivity contribution in [3.8, 4) is 11.1 Å². The van der Waals surface area contributed by atoms with E-state index in [1.807, 2.05) is 0 Å². The fourth-order valence-electron chi connectivity index (χ4n) is 7.50. The summed E-state index contributed by atoms with van der Waals surface area (Å²) in [7, 11) is 0. The molecule has 1 atom stereocenters. The van der Waals surface area contributed by atoms with Crippen LogP contribution in [-0.2, 0) is 0 Å². The lowest BCUT2D eigenvalue weighted by Crippen LogP contribution is -2.30. The van der Waals surface area contributed by atoms with Crippen LogP contribution in [0.5, 0.6) is 0 Å². The first kappa shape index (κ1) is 27.4. The molecule has 0 saturated carbocycles. The van der Waals surface area contributed by atoms with Gasteiger partial charge in [0.2, 0.25) is 0 Å². The van der Waals surface area contributed by atoms with Crippen LogP contribution in [0.4, 0.5) is 11.4 Å². The normalized spacial score (nSPS) is 14.6. The minimum absolute atomic E-state index is 0.154. The molecule has 0 aromatic heterocycles. The molecule has 0 heterocycles. The van der Waals surface area contributed by atoms with Gasteiger partial charge in [-0.3, -0.25) is 0 Å². The van der Waals surface area contributed by atoms with E-state index in [0.29, 0.717) is 0 Å². The van der Waals surface area contributed by atoms with Gasteiger partial charge < -0.3 is 4.90 Å². The Labute approximate surface area is 275 Å². The molecule has 8 aromatic rings. The smallest absolute Gasteiger partial charge is 0.0560 e. The summed E-state index contributed by atoms with van der Waals surface area (Å²) in [5, 5.41) is 10.2. The zero-order chi connectivity index (χ0) is 31.2. The molecule has 0 fully saturated rings. The van der Waals surface area contributed by atoms with Gasteiger partial charge in [0.05, 0.1) is 11.7 Å². The van der Waals surface area contributed by atoms with Gasteiger partial charge in [-0.25, -0.2) is 0 Å². The van der Waals surface area contributed by atoms with Crippen molar-refractivity contribution in [3.63, 3.8) is 0 Å². The van der Waals surface area contributed by atoms with Crippen LogP contribution in [0.3, 0.4) is 0 Å². The van der Waals surface area contributed by atoms with Crippen molar-refractivity contribution in [1.29, 1.82) is 0 Å². The maximum atomic E-state index is 2.55. The van der Waals surface area contributed by atoms with Crippen molar-refractivity contribution >= 4 is 60.0 Å². The quantitative estimate of drug-likeness (QED) is 0.178. The first-order valence-electron chi connectivity index (χ1n) is 16.5. The van der Waals surface area contributed by atoms with Gasteiger partial charge in [0.1, 0.15) is 0 Å². The Kier molecular flexibility index (Phi) is 6.68. The van der Waals surface area contributed by atoms with Crippen molar-refractivity contribution in [2.24, 2.45) is 0 Å². The average Bonchev–Trinajstić information content (AvgIpc) is 3.15. The lowest BCUT2D eigenvalue weighted by atomic mass is 9.91. The van der Waals surface area contributed by atoms with Gasteiger partial charge in [-0.1, -0.05) is 164 Å². The second-order valence-electron chi connectivity index (χ2n) is 12.5. The molecule has 9 rings (SSSR count). The van der Waals surface area contributed by atoms with Crippen LogP contribution in [-0.4, -0.2) is 6.04 Å². The lowest BCUT2D eigenvalue weighted by molar-refractivity contribution is 0.790. The number of hydrogen-bond donors (Lipinski definition) is 0. The van der Waals surface area contributed by atoms with E-state index in [2.05, 4.69) is 187 Å². The highest BCUT2D eigenvalue weighted by Gasteiger charge is 2.24. The van der Waals surface area contributed by atoms with E-state index in [4.69, 9.17) is 0 Å². The first-order chi connectivity index (χ1) is 23.3.